The van der Waals surface area contributed by atoms with E-state index in [9.17, 15) is 14.4 Å². The van der Waals surface area contributed by atoms with Crippen LogP contribution in [0, 0.1) is 0 Å². The number of nitrogens with one attached hydrogen (secondary N) is 1. The highest BCUT2D eigenvalue weighted by Gasteiger charge is 2.20. The molecule has 0 bridgehead atoms. The van der Waals surface area contributed by atoms with E-state index in [0.717, 1.165) is 5.56 Å². The summed E-state index contributed by atoms with van der Waals surface area (Å²) in [6, 6.07) is 11.1. The van der Waals surface area contributed by atoms with Gasteiger partial charge in [-0.2, -0.15) is 5.10 Å². The quantitative estimate of drug-likeness (QED) is 0.627. The number of nitrogens with two attached hydrogens (primary N) is 1. The van der Waals surface area contributed by atoms with E-state index in [2.05, 4.69) is 10.1 Å². The van der Waals surface area contributed by atoms with Crippen LogP contribution in [-0.2, 0) is 17.9 Å². The minimum atomic E-state index is -0.685. The first kappa shape index (κ1) is 19.2. The van der Waals surface area contributed by atoms with E-state index in [1.165, 1.54) is 16.5 Å². The fraction of sp³-hybridized carbons (Fsp3) is 0.263. The molecule has 0 saturated carbocycles. The van der Waals surface area contributed by atoms with E-state index >= 15 is 0 Å². The lowest BCUT2D eigenvalue weighted by Crippen LogP contribution is -2.39. The zero-order valence-electron chi connectivity index (χ0n) is 15.5. The Kier molecular flexibility index (Phi) is 5.73. The van der Waals surface area contributed by atoms with Crippen molar-refractivity contribution in [3.63, 3.8) is 0 Å². The molecule has 0 atom stereocenters. The largest absolute Gasteiger partial charge is 0.383 e. The minimum Gasteiger partial charge on any atom is -0.383 e. The van der Waals surface area contributed by atoms with Gasteiger partial charge >= 0.3 is 5.69 Å². The molecule has 1 aromatic carbocycles. The van der Waals surface area contributed by atoms with Crippen molar-refractivity contribution < 1.29 is 4.79 Å². The second-order valence-electron chi connectivity index (χ2n) is 6.39. The van der Waals surface area contributed by atoms with Crippen molar-refractivity contribution in [3.05, 3.63) is 75.2 Å². The number of carbonyl (C=O) groups is 1. The molecule has 0 radical (unpaired) electrons. The lowest BCUT2D eigenvalue weighted by atomic mass is 10.2. The monoisotopic (exact) mass is 382 g/mol. The number of hydrogen-bond acceptors (Lipinski definition) is 5. The number of carbonyl (C=O) groups excluding carboxylic acids is 1. The predicted molar refractivity (Wildman–Crippen MR) is 106 cm³/mol. The third-order valence-corrected chi connectivity index (χ3v) is 4.44. The SMILES string of the molecule is CN(C(=O)CCCn1cccn1)c1c(N)n(Cc2ccccc2)c(=O)[nH]c1=O. The molecule has 3 N–H and O–H groups in total. The third kappa shape index (κ3) is 4.20. The lowest BCUT2D eigenvalue weighted by molar-refractivity contribution is -0.118. The molecule has 3 aromatic rings. The molecule has 1 amide bonds. The summed E-state index contributed by atoms with van der Waals surface area (Å²) in [7, 11) is 1.48. The molecular weight excluding hydrogens is 360 g/mol. The highest BCUT2D eigenvalue weighted by molar-refractivity contribution is 5.94. The van der Waals surface area contributed by atoms with E-state index in [4.69, 9.17) is 5.73 Å². The zero-order chi connectivity index (χ0) is 20.1. The van der Waals surface area contributed by atoms with Gasteiger partial charge in [-0.3, -0.25) is 23.8 Å². The van der Waals surface area contributed by atoms with Crippen LogP contribution in [-0.4, -0.2) is 32.3 Å². The van der Waals surface area contributed by atoms with Crippen molar-refractivity contribution in [2.24, 2.45) is 0 Å². The highest BCUT2D eigenvalue weighted by atomic mass is 16.2. The minimum absolute atomic E-state index is 0.0281. The lowest BCUT2D eigenvalue weighted by Gasteiger charge is -2.20. The molecule has 0 fully saturated rings. The van der Waals surface area contributed by atoms with E-state index in [-0.39, 0.29) is 30.4 Å². The summed E-state index contributed by atoms with van der Waals surface area (Å²) in [5.74, 6) is -0.310. The first-order valence-electron chi connectivity index (χ1n) is 8.88. The van der Waals surface area contributed by atoms with Gasteiger partial charge in [-0.15, -0.1) is 0 Å². The van der Waals surface area contributed by atoms with Crippen LogP contribution in [0.3, 0.4) is 0 Å². The van der Waals surface area contributed by atoms with Gasteiger partial charge in [-0.25, -0.2) is 4.79 Å². The molecule has 28 heavy (non-hydrogen) atoms. The number of aryl methyl sites for hydroxylation is 1. The summed E-state index contributed by atoms with van der Waals surface area (Å²) in [6.07, 6.45) is 4.26. The molecule has 2 aromatic heterocycles. The molecule has 0 aliphatic carbocycles. The Balaban J connectivity index is 1.80. The molecular formula is C19H22N6O3. The van der Waals surface area contributed by atoms with Gasteiger partial charge in [-0.05, 0) is 18.1 Å². The number of benzene rings is 1. The van der Waals surface area contributed by atoms with Crippen LogP contribution in [0.25, 0.3) is 0 Å². The predicted octanol–water partition coefficient (Wildman–Crippen LogP) is 0.807. The molecule has 0 aliphatic rings. The average molecular weight is 382 g/mol. The molecule has 9 heteroatoms. The number of anilines is 2. The van der Waals surface area contributed by atoms with Gasteiger partial charge in [0.05, 0.1) is 6.54 Å². The number of aromatic amines is 1. The Morgan fingerprint density at radius 2 is 1.96 bits per heavy atom. The van der Waals surface area contributed by atoms with E-state index in [1.54, 1.807) is 10.9 Å². The number of rotatable bonds is 7. The Hall–Kier alpha value is -3.62. The third-order valence-electron chi connectivity index (χ3n) is 4.44. The molecule has 2 heterocycles. The van der Waals surface area contributed by atoms with Crippen LogP contribution in [0.1, 0.15) is 18.4 Å². The van der Waals surface area contributed by atoms with Crippen LogP contribution < -0.4 is 21.9 Å². The van der Waals surface area contributed by atoms with Crippen molar-refractivity contribution in [3.8, 4) is 0 Å². The molecule has 0 saturated heterocycles. The topological polar surface area (TPSA) is 119 Å². The molecule has 3 rings (SSSR count). The molecule has 0 spiro atoms. The number of H-pyrrole nitrogens is 1. The fourth-order valence-corrected chi connectivity index (χ4v) is 2.94. The van der Waals surface area contributed by atoms with Gasteiger partial charge in [0.1, 0.15) is 5.82 Å². The smallest absolute Gasteiger partial charge is 0.330 e. The molecule has 0 aliphatic heterocycles. The first-order chi connectivity index (χ1) is 13.5. The van der Waals surface area contributed by atoms with Gasteiger partial charge in [0.25, 0.3) is 5.56 Å². The summed E-state index contributed by atoms with van der Waals surface area (Å²) < 4.78 is 2.98. The van der Waals surface area contributed by atoms with Crippen LogP contribution in [0.15, 0.2) is 58.4 Å². The summed E-state index contributed by atoms with van der Waals surface area (Å²) in [6.45, 7) is 0.780. The second kappa shape index (κ2) is 8.38. The molecule has 146 valence electrons. The fourth-order valence-electron chi connectivity index (χ4n) is 2.94. The van der Waals surface area contributed by atoms with Crippen molar-refractivity contribution in [1.82, 2.24) is 19.3 Å². The first-order valence-corrected chi connectivity index (χ1v) is 8.88. The van der Waals surface area contributed by atoms with Crippen LogP contribution in [0.5, 0.6) is 0 Å². The number of hydrogen-bond donors (Lipinski definition) is 2. The highest BCUT2D eigenvalue weighted by Crippen LogP contribution is 2.17. The number of nitrogens with zero attached hydrogens (tertiary/aromatic N) is 4. The van der Waals surface area contributed by atoms with Gasteiger partial charge in [-0.1, -0.05) is 30.3 Å². The maximum Gasteiger partial charge on any atom is 0.330 e. The van der Waals surface area contributed by atoms with E-state index in [1.807, 2.05) is 42.6 Å². The normalized spacial score (nSPS) is 10.8. The zero-order valence-corrected chi connectivity index (χ0v) is 15.5. The second-order valence-corrected chi connectivity index (χ2v) is 6.39. The Morgan fingerprint density at radius 1 is 1.21 bits per heavy atom. The number of nitrogen functional groups attached to an aromatic ring is 1. The number of aromatic nitrogens is 4. The van der Waals surface area contributed by atoms with Crippen molar-refractivity contribution in [1.29, 1.82) is 0 Å². The number of amides is 1. The molecule has 9 nitrogen and oxygen atoms in total. The van der Waals surface area contributed by atoms with Crippen LogP contribution in [0.4, 0.5) is 11.5 Å². The van der Waals surface area contributed by atoms with Crippen molar-refractivity contribution in [2.75, 3.05) is 17.7 Å². The van der Waals surface area contributed by atoms with Crippen LogP contribution in [0.2, 0.25) is 0 Å². The summed E-state index contributed by atoms with van der Waals surface area (Å²) >= 11 is 0. The Labute approximate surface area is 161 Å². The van der Waals surface area contributed by atoms with Crippen molar-refractivity contribution >= 4 is 17.4 Å². The van der Waals surface area contributed by atoms with E-state index < -0.39 is 11.2 Å². The maximum absolute atomic E-state index is 12.5. The summed E-state index contributed by atoms with van der Waals surface area (Å²) in [5, 5.41) is 4.08. The standard InChI is InChI=1S/C19H22N6O3/c1-23(15(26)9-5-11-24-12-6-10-21-24)16-17(20)25(19(28)22-18(16)27)13-14-7-3-2-4-8-14/h2-4,6-8,10,12H,5,9,11,13,20H2,1H3,(H,22,27,28). The van der Waals surface area contributed by atoms with Crippen molar-refractivity contribution in [2.45, 2.75) is 25.9 Å². The van der Waals surface area contributed by atoms with E-state index in [0.29, 0.717) is 13.0 Å². The van der Waals surface area contributed by atoms with Gasteiger partial charge in [0.15, 0.2) is 5.69 Å². The average Bonchev–Trinajstić information content (AvgIpc) is 3.19. The van der Waals surface area contributed by atoms with Crippen LogP contribution >= 0.6 is 0 Å². The maximum atomic E-state index is 12.5. The Bertz CT molecular complexity index is 1050. The molecule has 0 unspecified atom stereocenters. The van der Waals surface area contributed by atoms with Gasteiger partial charge in [0.2, 0.25) is 5.91 Å². The Morgan fingerprint density at radius 3 is 2.64 bits per heavy atom. The summed E-state index contributed by atoms with van der Waals surface area (Å²) in [5.41, 5.74) is 5.63. The van der Waals surface area contributed by atoms with Gasteiger partial charge < -0.3 is 10.6 Å². The summed E-state index contributed by atoms with van der Waals surface area (Å²) in [4.78, 5) is 40.5. The van der Waals surface area contributed by atoms with Gasteiger partial charge in [0, 0.05) is 32.4 Å².